The lowest BCUT2D eigenvalue weighted by Crippen LogP contribution is -2.23. The zero-order valence-electron chi connectivity index (χ0n) is 10.5. The maximum absolute atomic E-state index is 11.0. The van der Waals surface area contributed by atoms with E-state index < -0.39 is 0 Å². The minimum Gasteiger partial charge on any atom is -0.384 e. The standard InChI is InChI=1S/C13H21N3O/c1-3-6-15-7-8-16-12-5-4-11(13(14)17)9-10(12)2/h4-5,9,15-16H,3,6-8H2,1-2H3,(H2,14,17). The quantitative estimate of drug-likeness (QED) is 0.627. The van der Waals surface area contributed by atoms with Gasteiger partial charge in [0.25, 0.3) is 0 Å². The predicted octanol–water partition coefficient (Wildman–Crippen LogP) is 1.51. The Kier molecular flexibility index (Phi) is 5.49. The van der Waals surface area contributed by atoms with Crippen molar-refractivity contribution < 1.29 is 4.79 Å². The Labute approximate surface area is 103 Å². The van der Waals surface area contributed by atoms with Crippen LogP contribution in [0.4, 0.5) is 5.69 Å². The summed E-state index contributed by atoms with van der Waals surface area (Å²) >= 11 is 0. The number of primary amides is 1. The fourth-order valence-corrected chi connectivity index (χ4v) is 1.60. The molecule has 0 saturated carbocycles. The first-order valence-electron chi connectivity index (χ1n) is 6.00. The van der Waals surface area contributed by atoms with Crippen molar-refractivity contribution in [1.82, 2.24) is 5.32 Å². The molecule has 0 aliphatic carbocycles. The first kappa shape index (κ1) is 13.5. The predicted molar refractivity (Wildman–Crippen MR) is 71.3 cm³/mol. The van der Waals surface area contributed by atoms with Crippen LogP contribution in [-0.2, 0) is 0 Å². The van der Waals surface area contributed by atoms with E-state index in [1.807, 2.05) is 19.1 Å². The molecule has 0 spiro atoms. The molecule has 17 heavy (non-hydrogen) atoms. The summed E-state index contributed by atoms with van der Waals surface area (Å²) in [4.78, 5) is 11.0. The number of amides is 1. The summed E-state index contributed by atoms with van der Waals surface area (Å²) in [6.45, 7) is 6.96. The van der Waals surface area contributed by atoms with Gasteiger partial charge in [-0.05, 0) is 43.7 Å². The van der Waals surface area contributed by atoms with Crippen molar-refractivity contribution in [3.05, 3.63) is 29.3 Å². The van der Waals surface area contributed by atoms with Crippen molar-refractivity contribution in [2.24, 2.45) is 5.73 Å². The molecule has 4 nitrogen and oxygen atoms in total. The van der Waals surface area contributed by atoms with Gasteiger partial charge in [0.2, 0.25) is 5.91 Å². The molecule has 1 aromatic rings. The van der Waals surface area contributed by atoms with Gasteiger partial charge in [0.15, 0.2) is 0 Å². The monoisotopic (exact) mass is 235 g/mol. The van der Waals surface area contributed by atoms with E-state index in [-0.39, 0.29) is 5.91 Å². The number of carbonyl (C=O) groups is 1. The van der Waals surface area contributed by atoms with Crippen LogP contribution in [0.25, 0.3) is 0 Å². The van der Waals surface area contributed by atoms with E-state index in [0.29, 0.717) is 5.56 Å². The smallest absolute Gasteiger partial charge is 0.248 e. The molecule has 0 aromatic heterocycles. The highest BCUT2D eigenvalue weighted by atomic mass is 16.1. The van der Waals surface area contributed by atoms with Gasteiger partial charge in [0.1, 0.15) is 0 Å². The Bertz CT molecular complexity index is 377. The number of anilines is 1. The van der Waals surface area contributed by atoms with Crippen LogP contribution in [0.1, 0.15) is 29.3 Å². The number of hydrogen-bond acceptors (Lipinski definition) is 3. The van der Waals surface area contributed by atoms with Gasteiger partial charge >= 0.3 is 0 Å². The second-order valence-corrected chi connectivity index (χ2v) is 4.07. The van der Waals surface area contributed by atoms with E-state index in [1.54, 1.807) is 6.07 Å². The Morgan fingerprint density at radius 1 is 1.29 bits per heavy atom. The van der Waals surface area contributed by atoms with Crippen molar-refractivity contribution in [3.63, 3.8) is 0 Å². The number of rotatable bonds is 7. The van der Waals surface area contributed by atoms with Gasteiger partial charge in [0.05, 0.1) is 0 Å². The number of aryl methyl sites for hydroxylation is 1. The molecular weight excluding hydrogens is 214 g/mol. The first-order valence-corrected chi connectivity index (χ1v) is 6.00. The molecule has 0 heterocycles. The fourth-order valence-electron chi connectivity index (χ4n) is 1.60. The minimum absolute atomic E-state index is 0.385. The summed E-state index contributed by atoms with van der Waals surface area (Å²) in [6.07, 6.45) is 1.15. The van der Waals surface area contributed by atoms with Crippen LogP contribution < -0.4 is 16.4 Å². The van der Waals surface area contributed by atoms with Crippen molar-refractivity contribution in [2.75, 3.05) is 25.0 Å². The third-order valence-electron chi connectivity index (χ3n) is 2.55. The average molecular weight is 235 g/mol. The molecule has 0 bridgehead atoms. The number of benzene rings is 1. The molecule has 4 N–H and O–H groups in total. The van der Waals surface area contributed by atoms with Crippen LogP contribution in [0, 0.1) is 6.92 Å². The van der Waals surface area contributed by atoms with Crippen LogP contribution >= 0.6 is 0 Å². The maximum atomic E-state index is 11.0. The number of nitrogens with two attached hydrogens (primary N) is 1. The Hall–Kier alpha value is -1.55. The first-order chi connectivity index (χ1) is 8.15. The van der Waals surface area contributed by atoms with Gasteiger partial charge in [-0.15, -0.1) is 0 Å². The molecule has 0 saturated heterocycles. The largest absolute Gasteiger partial charge is 0.384 e. The summed E-state index contributed by atoms with van der Waals surface area (Å²) in [5.41, 5.74) is 7.86. The van der Waals surface area contributed by atoms with Gasteiger partial charge in [-0.3, -0.25) is 4.79 Å². The fraction of sp³-hybridized carbons (Fsp3) is 0.462. The van der Waals surface area contributed by atoms with E-state index >= 15 is 0 Å². The Balaban J connectivity index is 2.46. The van der Waals surface area contributed by atoms with Crippen LogP contribution in [0.15, 0.2) is 18.2 Å². The highest BCUT2D eigenvalue weighted by Gasteiger charge is 2.03. The summed E-state index contributed by atoms with van der Waals surface area (Å²) in [5.74, 6) is -0.385. The summed E-state index contributed by atoms with van der Waals surface area (Å²) in [6, 6.07) is 5.45. The lowest BCUT2D eigenvalue weighted by Gasteiger charge is -2.10. The van der Waals surface area contributed by atoms with E-state index in [4.69, 9.17) is 5.73 Å². The van der Waals surface area contributed by atoms with E-state index in [2.05, 4.69) is 17.6 Å². The Morgan fingerprint density at radius 2 is 2.06 bits per heavy atom. The van der Waals surface area contributed by atoms with Gasteiger partial charge in [0, 0.05) is 24.3 Å². The molecule has 0 aliphatic rings. The van der Waals surface area contributed by atoms with Crippen molar-refractivity contribution in [3.8, 4) is 0 Å². The third-order valence-corrected chi connectivity index (χ3v) is 2.55. The van der Waals surface area contributed by atoms with E-state index in [0.717, 1.165) is 37.3 Å². The van der Waals surface area contributed by atoms with Crippen LogP contribution in [-0.4, -0.2) is 25.5 Å². The lowest BCUT2D eigenvalue weighted by molar-refractivity contribution is 0.1000. The van der Waals surface area contributed by atoms with E-state index in [9.17, 15) is 4.79 Å². The minimum atomic E-state index is -0.385. The molecule has 4 heteroatoms. The molecule has 1 rings (SSSR count). The molecule has 0 fully saturated rings. The normalized spacial score (nSPS) is 10.2. The van der Waals surface area contributed by atoms with E-state index in [1.165, 1.54) is 0 Å². The summed E-state index contributed by atoms with van der Waals surface area (Å²) < 4.78 is 0. The molecule has 0 atom stereocenters. The molecule has 0 aliphatic heterocycles. The molecule has 0 radical (unpaired) electrons. The van der Waals surface area contributed by atoms with Gasteiger partial charge in [-0.25, -0.2) is 0 Å². The van der Waals surface area contributed by atoms with Crippen LogP contribution in [0.2, 0.25) is 0 Å². The van der Waals surface area contributed by atoms with Gasteiger partial charge < -0.3 is 16.4 Å². The average Bonchev–Trinajstić information content (AvgIpc) is 2.30. The van der Waals surface area contributed by atoms with Crippen molar-refractivity contribution in [2.45, 2.75) is 20.3 Å². The zero-order valence-corrected chi connectivity index (χ0v) is 10.5. The SMILES string of the molecule is CCCNCCNc1ccc(C(N)=O)cc1C. The van der Waals surface area contributed by atoms with Crippen LogP contribution in [0.3, 0.4) is 0 Å². The highest BCUT2D eigenvalue weighted by molar-refractivity contribution is 5.93. The molecule has 94 valence electrons. The number of hydrogen-bond donors (Lipinski definition) is 3. The van der Waals surface area contributed by atoms with Crippen LogP contribution in [0.5, 0.6) is 0 Å². The van der Waals surface area contributed by atoms with Crippen molar-refractivity contribution >= 4 is 11.6 Å². The second-order valence-electron chi connectivity index (χ2n) is 4.07. The highest BCUT2D eigenvalue weighted by Crippen LogP contribution is 2.15. The second kappa shape index (κ2) is 6.91. The van der Waals surface area contributed by atoms with Gasteiger partial charge in [-0.2, -0.15) is 0 Å². The summed E-state index contributed by atoms with van der Waals surface area (Å²) in [7, 11) is 0. The topological polar surface area (TPSA) is 67.2 Å². The summed E-state index contributed by atoms with van der Waals surface area (Å²) in [5, 5.41) is 6.64. The molecule has 0 unspecified atom stereocenters. The lowest BCUT2D eigenvalue weighted by atomic mass is 10.1. The maximum Gasteiger partial charge on any atom is 0.248 e. The zero-order chi connectivity index (χ0) is 12.7. The number of carbonyl (C=O) groups excluding carboxylic acids is 1. The van der Waals surface area contributed by atoms with Crippen molar-refractivity contribution in [1.29, 1.82) is 0 Å². The third kappa shape index (κ3) is 4.44. The molecule has 1 amide bonds. The number of nitrogens with one attached hydrogen (secondary N) is 2. The molecular formula is C13H21N3O. The molecule has 1 aromatic carbocycles. The van der Waals surface area contributed by atoms with Gasteiger partial charge in [-0.1, -0.05) is 6.92 Å². The Morgan fingerprint density at radius 3 is 2.65 bits per heavy atom.